The van der Waals surface area contributed by atoms with Crippen LogP contribution in [0.5, 0.6) is 5.75 Å². The fraction of sp³-hybridized carbons (Fsp3) is 0.250. The Morgan fingerprint density at radius 2 is 2.04 bits per heavy atom. The van der Waals surface area contributed by atoms with Crippen LogP contribution in [0.25, 0.3) is 0 Å². The van der Waals surface area contributed by atoms with Gasteiger partial charge in [-0.25, -0.2) is 0 Å². The molecular formula is C20H20BrN3O3S. The zero-order valence-corrected chi connectivity index (χ0v) is 17.9. The molecule has 6 nitrogen and oxygen atoms in total. The second-order valence-electron chi connectivity index (χ2n) is 6.20. The molecule has 1 amide bonds. The summed E-state index contributed by atoms with van der Waals surface area (Å²) in [5.74, 6) is 1.21. The molecule has 0 fully saturated rings. The number of nitrogens with zero attached hydrogens (tertiary/aromatic N) is 2. The molecule has 1 N–H and O–H groups in total. The van der Waals surface area contributed by atoms with Crippen LogP contribution in [-0.4, -0.2) is 21.9 Å². The molecule has 3 aromatic rings. The van der Waals surface area contributed by atoms with Crippen LogP contribution in [0.15, 0.2) is 62.6 Å². The maximum absolute atomic E-state index is 12.2. The highest BCUT2D eigenvalue weighted by Gasteiger charge is 2.13. The summed E-state index contributed by atoms with van der Waals surface area (Å²) in [5, 5.41) is 11.2. The number of aromatic nitrogens is 2. The molecule has 0 spiro atoms. The molecule has 0 aliphatic rings. The number of rotatable bonds is 8. The molecule has 2 aromatic carbocycles. The fourth-order valence-electron chi connectivity index (χ4n) is 2.45. The molecule has 0 aliphatic carbocycles. The summed E-state index contributed by atoms with van der Waals surface area (Å²) >= 11 is 4.60. The Balaban J connectivity index is 1.44. The third-order valence-electron chi connectivity index (χ3n) is 3.87. The van der Waals surface area contributed by atoms with Gasteiger partial charge in [0.1, 0.15) is 5.75 Å². The Morgan fingerprint density at radius 1 is 1.25 bits per heavy atom. The summed E-state index contributed by atoms with van der Waals surface area (Å²) in [7, 11) is 0. The third kappa shape index (κ3) is 6.10. The normalized spacial score (nSPS) is 11.8. The van der Waals surface area contributed by atoms with Gasteiger partial charge in [0.25, 0.3) is 11.1 Å². The first-order chi connectivity index (χ1) is 13.5. The number of amides is 1. The highest BCUT2D eigenvalue weighted by molar-refractivity contribution is 9.10. The average Bonchev–Trinajstić information content (AvgIpc) is 3.13. The lowest BCUT2D eigenvalue weighted by molar-refractivity contribution is -0.119. The lowest BCUT2D eigenvalue weighted by Gasteiger charge is -2.13. The first kappa shape index (κ1) is 20.4. The molecule has 1 atom stereocenters. The first-order valence-corrected chi connectivity index (χ1v) is 10.5. The lowest BCUT2D eigenvalue weighted by atomic mass is 10.1. The lowest BCUT2D eigenvalue weighted by Crippen LogP contribution is -2.28. The minimum Gasteiger partial charge on any atom is -0.484 e. The number of hydrogen-bond donors (Lipinski definition) is 1. The second kappa shape index (κ2) is 9.75. The number of benzene rings is 2. The summed E-state index contributed by atoms with van der Waals surface area (Å²) in [4.78, 5) is 12.2. The van der Waals surface area contributed by atoms with Crippen molar-refractivity contribution in [3.05, 3.63) is 70.0 Å². The van der Waals surface area contributed by atoms with E-state index >= 15 is 0 Å². The zero-order chi connectivity index (χ0) is 19.9. The molecule has 0 radical (unpaired) electrons. The number of carbonyl (C=O) groups excluding carboxylic acids is 1. The van der Waals surface area contributed by atoms with Crippen LogP contribution in [0, 0.1) is 6.92 Å². The molecule has 0 saturated carbocycles. The molecule has 3 rings (SSSR count). The van der Waals surface area contributed by atoms with Crippen molar-refractivity contribution >= 4 is 33.6 Å². The minimum atomic E-state index is -0.101. The Bertz CT molecular complexity index is 930. The van der Waals surface area contributed by atoms with E-state index in [1.165, 1.54) is 11.8 Å². The molecule has 1 heterocycles. The topological polar surface area (TPSA) is 77.2 Å². The Morgan fingerprint density at radius 3 is 2.79 bits per heavy atom. The van der Waals surface area contributed by atoms with Gasteiger partial charge in [-0.3, -0.25) is 4.79 Å². The maximum atomic E-state index is 12.2. The Hall–Kier alpha value is -2.32. The van der Waals surface area contributed by atoms with Crippen molar-refractivity contribution < 1.29 is 13.9 Å². The van der Waals surface area contributed by atoms with Crippen LogP contribution in [0.3, 0.4) is 0 Å². The second-order valence-corrected chi connectivity index (χ2v) is 8.04. The average molecular weight is 462 g/mol. The summed E-state index contributed by atoms with van der Waals surface area (Å²) < 4.78 is 12.2. The highest BCUT2D eigenvalue weighted by Crippen LogP contribution is 2.20. The van der Waals surface area contributed by atoms with Gasteiger partial charge in [0, 0.05) is 4.47 Å². The van der Waals surface area contributed by atoms with Crippen LogP contribution in [-0.2, 0) is 11.4 Å². The molecule has 0 bridgehead atoms. The maximum Gasteiger partial charge on any atom is 0.277 e. The number of carbonyl (C=O) groups is 1. The SMILES string of the molecule is Cc1cccc(OCc2nnc(SCC(=O)NC(C)c3ccc(Br)cc3)o2)c1. The van der Waals surface area contributed by atoms with Crippen molar-refractivity contribution in [1.29, 1.82) is 0 Å². The summed E-state index contributed by atoms with van der Waals surface area (Å²) in [6.07, 6.45) is 0. The van der Waals surface area contributed by atoms with Gasteiger partial charge in [-0.15, -0.1) is 10.2 Å². The van der Waals surface area contributed by atoms with E-state index in [0.717, 1.165) is 21.3 Å². The Kier molecular flexibility index (Phi) is 7.11. The van der Waals surface area contributed by atoms with E-state index in [9.17, 15) is 4.79 Å². The van der Waals surface area contributed by atoms with Gasteiger partial charge in [-0.05, 0) is 49.2 Å². The van der Waals surface area contributed by atoms with Gasteiger partial charge >= 0.3 is 0 Å². The number of ether oxygens (including phenoxy) is 1. The fourth-order valence-corrected chi connectivity index (χ4v) is 3.31. The molecule has 1 unspecified atom stereocenters. The predicted molar refractivity (Wildman–Crippen MR) is 111 cm³/mol. The van der Waals surface area contributed by atoms with E-state index in [-0.39, 0.29) is 24.3 Å². The van der Waals surface area contributed by atoms with Crippen LogP contribution in [0.4, 0.5) is 0 Å². The molecule has 146 valence electrons. The van der Waals surface area contributed by atoms with Crippen molar-refractivity contribution in [2.24, 2.45) is 0 Å². The smallest absolute Gasteiger partial charge is 0.277 e. The third-order valence-corrected chi connectivity index (χ3v) is 5.22. The molecule has 0 aliphatic heterocycles. The molecule has 8 heteroatoms. The van der Waals surface area contributed by atoms with Crippen LogP contribution in [0.2, 0.25) is 0 Å². The van der Waals surface area contributed by atoms with Gasteiger partial charge in [0.2, 0.25) is 5.91 Å². The van der Waals surface area contributed by atoms with E-state index in [1.807, 2.05) is 62.4 Å². The van der Waals surface area contributed by atoms with E-state index in [2.05, 4.69) is 31.4 Å². The summed E-state index contributed by atoms with van der Waals surface area (Å²) in [6, 6.07) is 15.5. The minimum absolute atomic E-state index is 0.0813. The zero-order valence-electron chi connectivity index (χ0n) is 15.5. The van der Waals surface area contributed by atoms with Crippen molar-refractivity contribution in [3.8, 4) is 5.75 Å². The molecule has 0 saturated heterocycles. The van der Waals surface area contributed by atoms with Gasteiger partial charge < -0.3 is 14.5 Å². The van der Waals surface area contributed by atoms with E-state index in [0.29, 0.717) is 11.1 Å². The summed E-state index contributed by atoms with van der Waals surface area (Å²) in [5.41, 5.74) is 2.15. The van der Waals surface area contributed by atoms with Crippen LogP contribution >= 0.6 is 27.7 Å². The predicted octanol–water partition coefficient (Wildman–Crippen LogP) is 4.69. The number of halogens is 1. The van der Waals surface area contributed by atoms with Crippen molar-refractivity contribution in [2.45, 2.75) is 31.7 Å². The molecular weight excluding hydrogens is 442 g/mol. The van der Waals surface area contributed by atoms with Crippen molar-refractivity contribution in [2.75, 3.05) is 5.75 Å². The number of hydrogen-bond acceptors (Lipinski definition) is 6. The number of thioether (sulfide) groups is 1. The van der Waals surface area contributed by atoms with Crippen LogP contribution in [0.1, 0.15) is 30.0 Å². The number of nitrogens with one attached hydrogen (secondary N) is 1. The van der Waals surface area contributed by atoms with Crippen molar-refractivity contribution in [3.63, 3.8) is 0 Å². The molecule has 28 heavy (non-hydrogen) atoms. The largest absolute Gasteiger partial charge is 0.484 e. The highest BCUT2D eigenvalue weighted by atomic mass is 79.9. The molecule has 1 aromatic heterocycles. The van der Waals surface area contributed by atoms with E-state index < -0.39 is 0 Å². The first-order valence-electron chi connectivity index (χ1n) is 8.69. The van der Waals surface area contributed by atoms with Gasteiger partial charge in [-0.2, -0.15) is 0 Å². The van der Waals surface area contributed by atoms with Gasteiger partial charge in [0.15, 0.2) is 6.61 Å². The Labute approximate surface area is 176 Å². The number of aryl methyl sites for hydroxylation is 1. The summed E-state index contributed by atoms with van der Waals surface area (Å²) in [6.45, 7) is 4.12. The van der Waals surface area contributed by atoms with E-state index in [1.54, 1.807) is 0 Å². The van der Waals surface area contributed by atoms with E-state index in [4.69, 9.17) is 9.15 Å². The standard InChI is InChI=1S/C20H20BrN3O3S/c1-13-4-3-5-17(10-13)26-11-19-23-24-20(27-19)28-12-18(25)22-14(2)15-6-8-16(21)9-7-15/h3-10,14H,11-12H2,1-2H3,(H,22,25). The quantitative estimate of drug-likeness (QED) is 0.490. The monoisotopic (exact) mass is 461 g/mol. The van der Waals surface area contributed by atoms with Gasteiger partial charge in [-0.1, -0.05) is 52.0 Å². The van der Waals surface area contributed by atoms with Crippen molar-refractivity contribution in [1.82, 2.24) is 15.5 Å². The van der Waals surface area contributed by atoms with Gasteiger partial charge in [0.05, 0.1) is 11.8 Å². The van der Waals surface area contributed by atoms with Crippen LogP contribution < -0.4 is 10.1 Å².